The summed E-state index contributed by atoms with van der Waals surface area (Å²) in [4.78, 5) is 11.0. The van der Waals surface area contributed by atoms with E-state index in [9.17, 15) is 4.79 Å². The molecular weight excluding hydrogens is 260 g/mol. The zero-order valence-electron chi connectivity index (χ0n) is 10.5. The van der Waals surface area contributed by atoms with Gasteiger partial charge in [0.1, 0.15) is 11.5 Å². The van der Waals surface area contributed by atoms with Gasteiger partial charge < -0.3 is 4.74 Å². The Labute approximate surface area is 117 Å². The summed E-state index contributed by atoms with van der Waals surface area (Å²) in [6.07, 6.45) is 3.25. The minimum atomic E-state index is -0.00226. The molecule has 0 saturated carbocycles. The molecule has 0 radical (unpaired) electrons. The highest BCUT2D eigenvalue weighted by atomic mass is 35.5. The molecule has 0 aliphatic rings. The molecule has 0 spiro atoms. The van der Waals surface area contributed by atoms with Crippen LogP contribution in [0.5, 0.6) is 11.5 Å². The van der Waals surface area contributed by atoms with E-state index in [1.807, 2.05) is 36.4 Å². The van der Waals surface area contributed by atoms with Crippen LogP contribution in [0.15, 0.2) is 54.6 Å². The zero-order chi connectivity index (χ0) is 13.7. The quantitative estimate of drug-likeness (QED) is 0.752. The van der Waals surface area contributed by atoms with Crippen LogP contribution in [-0.2, 0) is 4.79 Å². The Morgan fingerprint density at radius 2 is 1.95 bits per heavy atom. The van der Waals surface area contributed by atoms with Crippen LogP contribution >= 0.6 is 11.6 Å². The number of rotatable bonds is 4. The van der Waals surface area contributed by atoms with Crippen LogP contribution in [0.25, 0.3) is 6.08 Å². The van der Waals surface area contributed by atoms with Crippen LogP contribution in [0.2, 0.25) is 5.02 Å². The molecule has 0 saturated heterocycles. The Morgan fingerprint density at radius 1 is 1.16 bits per heavy atom. The first-order valence-corrected chi connectivity index (χ1v) is 6.24. The first-order valence-electron chi connectivity index (χ1n) is 5.86. The lowest BCUT2D eigenvalue weighted by molar-refractivity contribution is -0.112. The molecule has 0 bridgehead atoms. The maximum absolute atomic E-state index is 11.0. The minimum Gasteiger partial charge on any atom is -0.457 e. The van der Waals surface area contributed by atoms with Crippen molar-refractivity contribution in [1.82, 2.24) is 0 Å². The summed E-state index contributed by atoms with van der Waals surface area (Å²) in [6, 6.07) is 14.7. The van der Waals surface area contributed by atoms with E-state index in [0.29, 0.717) is 16.5 Å². The van der Waals surface area contributed by atoms with Gasteiger partial charge >= 0.3 is 0 Å². The fraction of sp³-hybridized carbons (Fsp3) is 0.0625. The second-order valence-electron chi connectivity index (χ2n) is 4.04. The van der Waals surface area contributed by atoms with Gasteiger partial charge in [0.05, 0.1) is 0 Å². The molecule has 0 unspecified atom stereocenters. The topological polar surface area (TPSA) is 26.3 Å². The molecule has 0 amide bonds. The van der Waals surface area contributed by atoms with Crippen LogP contribution < -0.4 is 4.74 Å². The highest BCUT2D eigenvalue weighted by Gasteiger charge is 2.02. The smallest absolute Gasteiger partial charge is 0.152 e. The Bertz CT molecular complexity index is 618. The maximum Gasteiger partial charge on any atom is 0.152 e. The molecule has 0 aliphatic heterocycles. The molecule has 0 aliphatic carbocycles. The predicted molar refractivity (Wildman–Crippen MR) is 77.7 cm³/mol. The summed E-state index contributed by atoms with van der Waals surface area (Å²) in [6.45, 7) is 1.51. The van der Waals surface area contributed by atoms with Crippen molar-refractivity contribution in [2.45, 2.75) is 6.92 Å². The summed E-state index contributed by atoms with van der Waals surface area (Å²) in [7, 11) is 0. The third-order valence-electron chi connectivity index (χ3n) is 2.44. The number of hydrogen-bond donors (Lipinski definition) is 0. The zero-order valence-corrected chi connectivity index (χ0v) is 11.2. The predicted octanol–water partition coefficient (Wildman–Crippen LogP) is 4.73. The molecule has 0 atom stereocenters. The van der Waals surface area contributed by atoms with Gasteiger partial charge in [-0.05, 0) is 43.3 Å². The number of benzene rings is 2. The third-order valence-corrected chi connectivity index (χ3v) is 2.68. The Kier molecular flexibility index (Phi) is 4.37. The van der Waals surface area contributed by atoms with Crippen molar-refractivity contribution < 1.29 is 9.53 Å². The molecule has 3 heteroatoms. The second kappa shape index (κ2) is 6.21. The van der Waals surface area contributed by atoms with Crippen molar-refractivity contribution in [1.29, 1.82) is 0 Å². The number of carbonyl (C=O) groups is 1. The minimum absolute atomic E-state index is 0.00226. The first kappa shape index (κ1) is 13.4. The van der Waals surface area contributed by atoms with Crippen LogP contribution in [0.1, 0.15) is 12.5 Å². The maximum atomic E-state index is 11.0. The van der Waals surface area contributed by atoms with Crippen LogP contribution in [-0.4, -0.2) is 5.78 Å². The molecule has 0 heterocycles. The molecule has 2 rings (SSSR count). The van der Waals surface area contributed by atoms with Crippen molar-refractivity contribution in [3.8, 4) is 11.5 Å². The van der Waals surface area contributed by atoms with E-state index in [2.05, 4.69) is 0 Å². The number of ether oxygens (including phenoxy) is 1. The molecule has 2 nitrogen and oxygen atoms in total. The molecule has 2 aromatic carbocycles. The van der Waals surface area contributed by atoms with Gasteiger partial charge in [-0.15, -0.1) is 0 Å². The summed E-state index contributed by atoms with van der Waals surface area (Å²) in [5, 5.41) is 0.620. The SMILES string of the molecule is CC(=O)/C=C/c1ccccc1Oc1cccc(Cl)c1. The second-order valence-corrected chi connectivity index (χ2v) is 4.48. The lowest BCUT2D eigenvalue weighted by atomic mass is 10.1. The van der Waals surface area contributed by atoms with Crippen LogP contribution in [0.4, 0.5) is 0 Å². The van der Waals surface area contributed by atoms with Gasteiger partial charge in [0, 0.05) is 10.6 Å². The molecule has 2 aromatic rings. The summed E-state index contributed by atoms with van der Waals surface area (Å²) < 4.78 is 5.78. The molecule has 19 heavy (non-hydrogen) atoms. The Balaban J connectivity index is 2.27. The fourth-order valence-corrected chi connectivity index (χ4v) is 1.76. The van der Waals surface area contributed by atoms with Gasteiger partial charge in [0.15, 0.2) is 5.78 Å². The fourth-order valence-electron chi connectivity index (χ4n) is 1.58. The van der Waals surface area contributed by atoms with E-state index < -0.39 is 0 Å². The summed E-state index contributed by atoms with van der Waals surface area (Å²) >= 11 is 5.91. The van der Waals surface area contributed by atoms with Gasteiger partial charge in [-0.25, -0.2) is 0 Å². The van der Waals surface area contributed by atoms with E-state index in [-0.39, 0.29) is 5.78 Å². The lowest BCUT2D eigenvalue weighted by Gasteiger charge is -2.08. The van der Waals surface area contributed by atoms with E-state index in [1.165, 1.54) is 13.0 Å². The van der Waals surface area contributed by atoms with Crippen LogP contribution in [0.3, 0.4) is 0 Å². The van der Waals surface area contributed by atoms with Crippen LogP contribution in [0, 0.1) is 0 Å². The summed E-state index contributed by atoms with van der Waals surface area (Å²) in [5.41, 5.74) is 0.845. The number of carbonyl (C=O) groups excluding carboxylic acids is 1. The third kappa shape index (κ3) is 3.97. The Morgan fingerprint density at radius 3 is 2.68 bits per heavy atom. The molecule has 96 valence electrons. The van der Waals surface area contributed by atoms with Crippen molar-refractivity contribution in [2.24, 2.45) is 0 Å². The number of ketones is 1. The highest BCUT2D eigenvalue weighted by Crippen LogP contribution is 2.27. The largest absolute Gasteiger partial charge is 0.457 e. The van der Waals surface area contributed by atoms with Crippen molar-refractivity contribution in [3.63, 3.8) is 0 Å². The average Bonchev–Trinajstić information content (AvgIpc) is 2.38. The summed E-state index contributed by atoms with van der Waals surface area (Å²) in [5.74, 6) is 1.34. The average molecular weight is 273 g/mol. The van der Waals surface area contributed by atoms with Gasteiger partial charge in [0.2, 0.25) is 0 Å². The molecule has 0 fully saturated rings. The Hall–Kier alpha value is -2.06. The van der Waals surface area contributed by atoms with Gasteiger partial charge in [0.25, 0.3) is 0 Å². The normalized spacial score (nSPS) is 10.6. The monoisotopic (exact) mass is 272 g/mol. The van der Waals surface area contributed by atoms with Gasteiger partial charge in [-0.2, -0.15) is 0 Å². The number of para-hydroxylation sites is 1. The van der Waals surface area contributed by atoms with E-state index in [1.54, 1.807) is 18.2 Å². The number of halogens is 1. The molecular formula is C16H13ClO2. The lowest BCUT2D eigenvalue weighted by Crippen LogP contribution is -1.88. The number of allylic oxidation sites excluding steroid dienone is 1. The van der Waals surface area contributed by atoms with Crippen molar-refractivity contribution in [3.05, 3.63) is 65.2 Å². The van der Waals surface area contributed by atoms with Crippen molar-refractivity contribution >= 4 is 23.5 Å². The molecule has 0 aromatic heterocycles. The molecule has 0 N–H and O–H groups in total. The highest BCUT2D eigenvalue weighted by molar-refractivity contribution is 6.30. The first-order chi connectivity index (χ1) is 9.15. The standard InChI is InChI=1S/C16H13ClO2/c1-12(18)9-10-13-5-2-3-8-16(13)19-15-7-4-6-14(17)11-15/h2-11H,1H3/b10-9+. The van der Waals surface area contributed by atoms with Crippen molar-refractivity contribution in [2.75, 3.05) is 0 Å². The van der Waals surface area contributed by atoms with Gasteiger partial charge in [-0.3, -0.25) is 4.79 Å². The number of hydrogen-bond acceptors (Lipinski definition) is 2. The van der Waals surface area contributed by atoms with E-state index in [0.717, 1.165) is 5.56 Å². The van der Waals surface area contributed by atoms with Gasteiger partial charge in [-0.1, -0.05) is 35.9 Å². The van der Waals surface area contributed by atoms with E-state index >= 15 is 0 Å². The van der Waals surface area contributed by atoms with E-state index in [4.69, 9.17) is 16.3 Å².